The second-order valence-corrected chi connectivity index (χ2v) is 4.35. The van der Waals surface area contributed by atoms with Crippen molar-refractivity contribution in [1.29, 1.82) is 0 Å². The molecule has 23 heavy (non-hydrogen) atoms. The van der Waals surface area contributed by atoms with E-state index in [1.807, 2.05) is 30.3 Å². The summed E-state index contributed by atoms with van der Waals surface area (Å²) in [6.07, 6.45) is 1.57. The van der Waals surface area contributed by atoms with Crippen molar-refractivity contribution in [2.75, 3.05) is 14.2 Å². The Morgan fingerprint density at radius 1 is 1.00 bits per heavy atom. The van der Waals surface area contributed by atoms with Crippen LogP contribution in [0.25, 0.3) is 0 Å². The van der Waals surface area contributed by atoms with E-state index in [2.05, 4.69) is 10.3 Å². The highest BCUT2D eigenvalue weighted by Crippen LogP contribution is 2.20. The average Bonchev–Trinajstić information content (AvgIpc) is 2.60. The maximum absolute atomic E-state index is 11.8. The van der Waals surface area contributed by atoms with Crippen LogP contribution in [0, 0.1) is 0 Å². The van der Waals surface area contributed by atoms with E-state index in [1.54, 1.807) is 30.5 Å². The van der Waals surface area contributed by atoms with Crippen LogP contribution in [0.15, 0.2) is 64.9 Å². The number of esters is 1. The van der Waals surface area contributed by atoms with Crippen LogP contribution in [0.5, 0.6) is 5.75 Å². The predicted molar refractivity (Wildman–Crippen MR) is 86.7 cm³/mol. The molecule has 0 spiro atoms. The number of oxime groups is 2. The van der Waals surface area contributed by atoms with E-state index < -0.39 is 5.97 Å². The monoisotopic (exact) mass is 312 g/mol. The van der Waals surface area contributed by atoms with E-state index in [0.717, 1.165) is 5.56 Å². The molecule has 0 unspecified atom stereocenters. The van der Waals surface area contributed by atoms with Crippen molar-refractivity contribution >= 4 is 17.9 Å². The SMILES string of the molecule is CO/N=C(/C(=O)OC)c1ccccc1O/N=C/c1ccccc1. The largest absolute Gasteiger partial charge is 0.464 e. The van der Waals surface area contributed by atoms with Crippen LogP contribution >= 0.6 is 0 Å². The van der Waals surface area contributed by atoms with E-state index in [-0.39, 0.29) is 5.71 Å². The van der Waals surface area contributed by atoms with Crippen molar-refractivity contribution in [3.05, 3.63) is 65.7 Å². The molecule has 2 aromatic rings. The summed E-state index contributed by atoms with van der Waals surface area (Å²) in [5.74, 6) is -0.268. The summed E-state index contributed by atoms with van der Waals surface area (Å²) < 4.78 is 4.70. The Kier molecular flexibility index (Phi) is 5.88. The van der Waals surface area contributed by atoms with Gasteiger partial charge in [0.25, 0.3) is 0 Å². The van der Waals surface area contributed by atoms with E-state index in [9.17, 15) is 4.79 Å². The molecule has 0 aliphatic heterocycles. The average molecular weight is 312 g/mol. The zero-order valence-electron chi connectivity index (χ0n) is 12.8. The Labute approximate surface area is 134 Å². The van der Waals surface area contributed by atoms with Crippen LogP contribution in [-0.2, 0) is 14.4 Å². The molecule has 0 bridgehead atoms. The molecule has 6 heteroatoms. The first-order chi connectivity index (χ1) is 11.3. The number of hydrogen-bond acceptors (Lipinski definition) is 6. The van der Waals surface area contributed by atoms with Gasteiger partial charge in [0, 0.05) is 0 Å². The Bertz CT molecular complexity index is 712. The Morgan fingerprint density at radius 2 is 1.70 bits per heavy atom. The summed E-state index contributed by atoms with van der Waals surface area (Å²) >= 11 is 0. The minimum atomic E-state index is -0.630. The lowest BCUT2D eigenvalue weighted by Gasteiger charge is -2.07. The van der Waals surface area contributed by atoms with Gasteiger partial charge < -0.3 is 14.4 Å². The molecule has 6 nitrogen and oxygen atoms in total. The van der Waals surface area contributed by atoms with Crippen LogP contribution in [0.2, 0.25) is 0 Å². The molecule has 118 valence electrons. The number of rotatable bonds is 6. The fraction of sp³-hybridized carbons (Fsp3) is 0.118. The van der Waals surface area contributed by atoms with Gasteiger partial charge in [-0.15, -0.1) is 0 Å². The number of ether oxygens (including phenoxy) is 1. The third-order valence-corrected chi connectivity index (χ3v) is 2.86. The molecule has 0 aromatic heterocycles. The van der Waals surface area contributed by atoms with Gasteiger partial charge in [0.1, 0.15) is 7.11 Å². The van der Waals surface area contributed by atoms with Gasteiger partial charge in [0.15, 0.2) is 11.5 Å². The first-order valence-corrected chi connectivity index (χ1v) is 6.80. The van der Waals surface area contributed by atoms with E-state index in [0.29, 0.717) is 11.3 Å². The number of nitrogens with zero attached hydrogens (tertiary/aromatic N) is 2. The zero-order valence-corrected chi connectivity index (χ0v) is 12.8. The summed E-state index contributed by atoms with van der Waals surface area (Å²) in [5.41, 5.74) is 1.32. The van der Waals surface area contributed by atoms with Gasteiger partial charge in [0.2, 0.25) is 0 Å². The van der Waals surface area contributed by atoms with Gasteiger partial charge in [-0.2, -0.15) is 0 Å². The van der Waals surface area contributed by atoms with Gasteiger partial charge in [-0.1, -0.05) is 52.8 Å². The van der Waals surface area contributed by atoms with Crippen molar-refractivity contribution in [3.63, 3.8) is 0 Å². The first kappa shape index (κ1) is 16.2. The number of para-hydroxylation sites is 1. The minimum Gasteiger partial charge on any atom is -0.464 e. The Morgan fingerprint density at radius 3 is 2.39 bits per heavy atom. The number of carbonyl (C=O) groups is 1. The van der Waals surface area contributed by atoms with E-state index >= 15 is 0 Å². The molecule has 0 atom stereocenters. The predicted octanol–water partition coefficient (Wildman–Crippen LogP) is 2.62. The second kappa shape index (κ2) is 8.33. The molecule has 0 radical (unpaired) electrons. The standard InChI is InChI=1S/C17H16N2O4/c1-21-17(20)16(19-22-2)14-10-6-7-11-15(14)23-18-12-13-8-4-3-5-9-13/h3-12H,1-2H3/b18-12+,19-16+. The molecule has 0 saturated carbocycles. The fourth-order valence-corrected chi connectivity index (χ4v) is 1.81. The molecular weight excluding hydrogens is 296 g/mol. The molecule has 0 saturated heterocycles. The molecule has 0 aliphatic carbocycles. The normalized spacial score (nSPS) is 11.3. The molecular formula is C17H16N2O4. The van der Waals surface area contributed by atoms with Crippen LogP contribution in [0.4, 0.5) is 0 Å². The van der Waals surface area contributed by atoms with Gasteiger partial charge in [-0.25, -0.2) is 4.79 Å². The third-order valence-electron chi connectivity index (χ3n) is 2.86. The third kappa shape index (κ3) is 4.41. The van der Waals surface area contributed by atoms with Crippen LogP contribution in [0.1, 0.15) is 11.1 Å². The van der Waals surface area contributed by atoms with Crippen LogP contribution < -0.4 is 4.84 Å². The number of carbonyl (C=O) groups excluding carboxylic acids is 1. The van der Waals surface area contributed by atoms with Crippen molar-refractivity contribution in [2.45, 2.75) is 0 Å². The van der Waals surface area contributed by atoms with E-state index in [1.165, 1.54) is 14.2 Å². The fourth-order valence-electron chi connectivity index (χ4n) is 1.81. The number of methoxy groups -OCH3 is 1. The molecule has 2 aromatic carbocycles. The van der Waals surface area contributed by atoms with Crippen LogP contribution in [0.3, 0.4) is 0 Å². The summed E-state index contributed by atoms with van der Waals surface area (Å²) in [6.45, 7) is 0. The lowest BCUT2D eigenvalue weighted by molar-refractivity contribution is -0.132. The highest BCUT2D eigenvalue weighted by atomic mass is 16.6. The van der Waals surface area contributed by atoms with Gasteiger partial charge in [0.05, 0.1) is 18.9 Å². The van der Waals surface area contributed by atoms with Crippen molar-refractivity contribution in [3.8, 4) is 5.75 Å². The molecule has 0 fully saturated rings. The molecule has 0 aliphatic rings. The maximum atomic E-state index is 11.8. The Hall–Kier alpha value is -3.15. The number of benzene rings is 2. The lowest BCUT2D eigenvalue weighted by atomic mass is 10.1. The highest BCUT2D eigenvalue weighted by molar-refractivity contribution is 6.43. The Balaban J connectivity index is 2.25. The highest BCUT2D eigenvalue weighted by Gasteiger charge is 2.20. The minimum absolute atomic E-state index is 0.000473. The quantitative estimate of drug-likeness (QED) is 0.467. The summed E-state index contributed by atoms with van der Waals surface area (Å²) in [5, 5.41) is 7.63. The molecule has 2 rings (SSSR count). The van der Waals surface area contributed by atoms with Gasteiger partial charge in [-0.05, 0) is 17.7 Å². The topological polar surface area (TPSA) is 69.5 Å². The summed E-state index contributed by atoms with van der Waals surface area (Å²) in [4.78, 5) is 21.9. The van der Waals surface area contributed by atoms with Crippen molar-refractivity contribution in [2.24, 2.45) is 10.3 Å². The van der Waals surface area contributed by atoms with Crippen molar-refractivity contribution in [1.82, 2.24) is 0 Å². The van der Waals surface area contributed by atoms with Crippen molar-refractivity contribution < 1.29 is 19.2 Å². The smallest absolute Gasteiger partial charge is 0.360 e. The lowest BCUT2D eigenvalue weighted by Crippen LogP contribution is -2.18. The summed E-state index contributed by atoms with van der Waals surface area (Å²) in [6, 6.07) is 16.4. The maximum Gasteiger partial charge on any atom is 0.360 e. The van der Waals surface area contributed by atoms with Gasteiger partial charge >= 0.3 is 5.97 Å². The van der Waals surface area contributed by atoms with E-state index in [4.69, 9.17) is 14.4 Å². The first-order valence-electron chi connectivity index (χ1n) is 6.80. The second-order valence-electron chi connectivity index (χ2n) is 4.35. The summed E-state index contributed by atoms with van der Waals surface area (Å²) in [7, 11) is 2.62. The number of hydrogen-bond donors (Lipinski definition) is 0. The molecule has 0 amide bonds. The zero-order chi connectivity index (χ0) is 16.5. The molecule has 0 N–H and O–H groups in total. The van der Waals surface area contributed by atoms with Gasteiger partial charge in [-0.3, -0.25) is 0 Å². The molecule has 0 heterocycles. The van der Waals surface area contributed by atoms with Crippen LogP contribution in [-0.4, -0.2) is 32.1 Å².